The zero-order chi connectivity index (χ0) is 8.43. The Hall–Kier alpha value is -0.940. The van der Waals surface area contributed by atoms with Crippen LogP contribution in [0.4, 0.5) is 0 Å². The molecule has 0 spiro atoms. The number of nitrogens with two attached hydrogens (primary N) is 1. The molecule has 0 radical (unpaired) electrons. The summed E-state index contributed by atoms with van der Waals surface area (Å²) in [4.78, 5) is 21.3. The molecule has 2 atom stereocenters. The van der Waals surface area contributed by atoms with Gasteiger partial charge in [0, 0.05) is 19.0 Å². The molecule has 5 heteroatoms. The zero-order valence-corrected chi connectivity index (χ0v) is 5.91. The van der Waals surface area contributed by atoms with E-state index in [0.717, 1.165) is 0 Å². The van der Waals surface area contributed by atoms with Gasteiger partial charge in [-0.15, -0.1) is 0 Å². The Morgan fingerprint density at radius 1 is 1.73 bits per heavy atom. The van der Waals surface area contributed by atoms with Crippen molar-refractivity contribution in [3.63, 3.8) is 0 Å². The highest BCUT2D eigenvalue weighted by Gasteiger charge is 2.31. The number of hydrogen-bond acceptors (Lipinski definition) is 4. The molecule has 0 aromatic carbocycles. The van der Waals surface area contributed by atoms with Crippen LogP contribution in [0, 0.1) is 0 Å². The number of carbonyl (C=O) groups is 2. The molecule has 0 aromatic rings. The number of Topliss-reactive ketones (excluding diaryl/α,β-unsaturated/α-hetero) is 1. The van der Waals surface area contributed by atoms with E-state index in [1.54, 1.807) is 0 Å². The van der Waals surface area contributed by atoms with E-state index in [4.69, 9.17) is 10.8 Å². The van der Waals surface area contributed by atoms with Crippen LogP contribution >= 0.6 is 0 Å². The number of carboxylic acids is 1. The van der Waals surface area contributed by atoms with Crippen LogP contribution in [0.25, 0.3) is 0 Å². The number of ketones is 1. The fourth-order valence-corrected chi connectivity index (χ4v) is 1.06. The first kappa shape index (κ1) is 8.16. The number of aliphatic carboxylic acids is 1. The number of rotatable bonds is 1. The van der Waals surface area contributed by atoms with Gasteiger partial charge in [0.1, 0.15) is 0 Å². The highest BCUT2D eigenvalue weighted by molar-refractivity contribution is 6.03. The molecule has 0 amide bonds. The maximum atomic E-state index is 10.9. The highest BCUT2D eigenvalue weighted by Crippen LogP contribution is 2.01. The summed E-state index contributed by atoms with van der Waals surface area (Å²) in [5, 5.41) is 11.0. The predicted molar refractivity (Wildman–Crippen MR) is 37.0 cm³/mol. The molecule has 0 aromatic heterocycles. The van der Waals surface area contributed by atoms with Crippen LogP contribution in [0.3, 0.4) is 0 Å². The van der Waals surface area contributed by atoms with Gasteiger partial charge in [0.2, 0.25) is 0 Å². The van der Waals surface area contributed by atoms with Crippen LogP contribution in [-0.4, -0.2) is 35.5 Å². The first-order valence-corrected chi connectivity index (χ1v) is 3.35. The average molecular weight is 158 g/mol. The number of nitrogens with one attached hydrogen (secondary N) is 1. The SMILES string of the molecule is NC1CNC(C(=O)O)C(=O)C1. The van der Waals surface area contributed by atoms with E-state index in [-0.39, 0.29) is 18.2 Å². The molecule has 0 saturated carbocycles. The number of carbonyl (C=O) groups excluding carboxylic acids is 1. The maximum Gasteiger partial charge on any atom is 0.328 e. The van der Waals surface area contributed by atoms with Gasteiger partial charge in [0.15, 0.2) is 11.8 Å². The van der Waals surface area contributed by atoms with Gasteiger partial charge in [-0.05, 0) is 0 Å². The Kier molecular flexibility index (Phi) is 2.21. The van der Waals surface area contributed by atoms with E-state index < -0.39 is 12.0 Å². The van der Waals surface area contributed by atoms with Gasteiger partial charge in [-0.25, -0.2) is 0 Å². The Balaban J connectivity index is 2.58. The Bertz CT molecular complexity index is 192. The summed E-state index contributed by atoms with van der Waals surface area (Å²) in [5.74, 6) is -1.46. The molecule has 0 aliphatic carbocycles. The summed E-state index contributed by atoms with van der Waals surface area (Å²) in [5.41, 5.74) is 5.41. The molecule has 4 N–H and O–H groups in total. The molecule has 1 aliphatic rings. The molecule has 0 bridgehead atoms. The number of hydrogen-bond donors (Lipinski definition) is 3. The van der Waals surface area contributed by atoms with Crippen LogP contribution in [0.2, 0.25) is 0 Å². The lowest BCUT2D eigenvalue weighted by atomic mass is 10.0. The lowest BCUT2D eigenvalue weighted by Gasteiger charge is -2.23. The van der Waals surface area contributed by atoms with Gasteiger partial charge in [-0.2, -0.15) is 0 Å². The van der Waals surface area contributed by atoms with E-state index in [1.807, 2.05) is 0 Å². The molecule has 1 heterocycles. The van der Waals surface area contributed by atoms with Crippen molar-refractivity contribution in [2.75, 3.05) is 6.54 Å². The summed E-state index contributed by atoms with van der Waals surface area (Å²) in [6, 6.07) is -1.28. The number of piperidine rings is 1. The Morgan fingerprint density at radius 3 is 2.82 bits per heavy atom. The van der Waals surface area contributed by atoms with Crippen molar-refractivity contribution >= 4 is 11.8 Å². The van der Waals surface area contributed by atoms with Crippen LogP contribution in [0.15, 0.2) is 0 Å². The second-order valence-electron chi connectivity index (χ2n) is 2.61. The number of carboxylic acid groups (broad SMARTS) is 1. The van der Waals surface area contributed by atoms with E-state index in [0.29, 0.717) is 6.54 Å². The topological polar surface area (TPSA) is 92.4 Å². The second-order valence-corrected chi connectivity index (χ2v) is 2.61. The van der Waals surface area contributed by atoms with E-state index in [2.05, 4.69) is 5.32 Å². The summed E-state index contributed by atoms with van der Waals surface area (Å²) < 4.78 is 0. The van der Waals surface area contributed by atoms with Crippen molar-refractivity contribution in [1.29, 1.82) is 0 Å². The van der Waals surface area contributed by atoms with Gasteiger partial charge in [0.25, 0.3) is 0 Å². The van der Waals surface area contributed by atoms with Crippen molar-refractivity contribution < 1.29 is 14.7 Å². The molecule has 1 rings (SSSR count). The minimum absolute atomic E-state index is 0.157. The minimum Gasteiger partial charge on any atom is -0.480 e. The summed E-state index contributed by atoms with van der Waals surface area (Å²) >= 11 is 0. The largest absolute Gasteiger partial charge is 0.480 e. The molecule has 2 unspecified atom stereocenters. The van der Waals surface area contributed by atoms with Crippen molar-refractivity contribution in [3.05, 3.63) is 0 Å². The van der Waals surface area contributed by atoms with Crippen molar-refractivity contribution in [1.82, 2.24) is 5.32 Å². The first-order chi connectivity index (χ1) is 5.11. The molecule has 1 fully saturated rings. The zero-order valence-electron chi connectivity index (χ0n) is 5.91. The highest BCUT2D eigenvalue weighted by atomic mass is 16.4. The summed E-state index contributed by atoms with van der Waals surface area (Å²) in [6.45, 7) is 0.392. The van der Waals surface area contributed by atoms with Crippen LogP contribution in [0.1, 0.15) is 6.42 Å². The molecule has 1 saturated heterocycles. The standard InChI is InChI=1S/C6H10N2O3/c7-3-1-4(9)5(6(10)11)8-2-3/h3,5,8H,1-2,7H2,(H,10,11). The van der Waals surface area contributed by atoms with E-state index in [1.165, 1.54) is 0 Å². The Labute approximate surface area is 63.6 Å². The average Bonchev–Trinajstić information content (AvgIpc) is 1.85. The fraction of sp³-hybridized carbons (Fsp3) is 0.667. The molecule has 11 heavy (non-hydrogen) atoms. The molecule has 62 valence electrons. The quantitative estimate of drug-likeness (QED) is 0.397. The third-order valence-electron chi connectivity index (χ3n) is 1.62. The van der Waals surface area contributed by atoms with Crippen molar-refractivity contribution in [2.24, 2.45) is 5.73 Å². The Morgan fingerprint density at radius 2 is 2.36 bits per heavy atom. The molecule has 5 nitrogen and oxygen atoms in total. The summed E-state index contributed by atoms with van der Waals surface area (Å²) in [7, 11) is 0. The van der Waals surface area contributed by atoms with Gasteiger partial charge < -0.3 is 10.8 Å². The van der Waals surface area contributed by atoms with E-state index >= 15 is 0 Å². The van der Waals surface area contributed by atoms with Gasteiger partial charge in [-0.1, -0.05) is 0 Å². The van der Waals surface area contributed by atoms with Gasteiger partial charge in [0.05, 0.1) is 0 Å². The van der Waals surface area contributed by atoms with Crippen LogP contribution in [-0.2, 0) is 9.59 Å². The summed E-state index contributed by atoms with van der Waals surface area (Å²) in [6.07, 6.45) is 0.157. The van der Waals surface area contributed by atoms with Crippen molar-refractivity contribution in [3.8, 4) is 0 Å². The predicted octanol–water partition coefficient (Wildman–Crippen LogP) is -1.67. The maximum absolute atomic E-state index is 10.9. The van der Waals surface area contributed by atoms with Crippen LogP contribution < -0.4 is 11.1 Å². The van der Waals surface area contributed by atoms with E-state index in [9.17, 15) is 9.59 Å². The molecular weight excluding hydrogens is 148 g/mol. The van der Waals surface area contributed by atoms with Gasteiger partial charge in [-0.3, -0.25) is 14.9 Å². The molecule has 1 aliphatic heterocycles. The third kappa shape index (κ3) is 1.75. The third-order valence-corrected chi connectivity index (χ3v) is 1.62. The smallest absolute Gasteiger partial charge is 0.328 e. The lowest BCUT2D eigenvalue weighted by Crippen LogP contribution is -2.54. The normalized spacial score (nSPS) is 31.9. The second kappa shape index (κ2) is 2.98. The lowest BCUT2D eigenvalue weighted by molar-refractivity contribution is -0.144. The first-order valence-electron chi connectivity index (χ1n) is 3.35. The van der Waals surface area contributed by atoms with Crippen LogP contribution in [0.5, 0.6) is 0 Å². The van der Waals surface area contributed by atoms with Crippen molar-refractivity contribution in [2.45, 2.75) is 18.5 Å². The monoisotopic (exact) mass is 158 g/mol. The minimum atomic E-state index is -1.12. The molecular formula is C6H10N2O3. The fourth-order valence-electron chi connectivity index (χ4n) is 1.06. The van der Waals surface area contributed by atoms with Gasteiger partial charge >= 0.3 is 5.97 Å².